The van der Waals surface area contributed by atoms with Gasteiger partial charge in [-0.2, -0.15) is 0 Å². The fourth-order valence-corrected chi connectivity index (χ4v) is 4.24. The largest absolute Gasteiger partial charge is 0.370 e. The minimum atomic E-state index is -0.778. The third-order valence-corrected chi connectivity index (χ3v) is 5.83. The summed E-state index contributed by atoms with van der Waals surface area (Å²) < 4.78 is 2.43. The molecule has 0 aromatic carbocycles. The lowest BCUT2D eigenvalue weighted by Gasteiger charge is -2.32. The molecule has 0 aromatic heterocycles. The van der Waals surface area contributed by atoms with E-state index in [0.717, 1.165) is 64.1 Å². The Balaban J connectivity index is 1.76. The number of amidine groups is 1. The summed E-state index contributed by atoms with van der Waals surface area (Å²) in [5.41, 5.74) is 9.94. The molecule has 0 amide bonds. The second kappa shape index (κ2) is 11.4. The van der Waals surface area contributed by atoms with Crippen molar-refractivity contribution in [3.63, 3.8) is 0 Å². The summed E-state index contributed by atoms with van der Waals surface area (Å²) in [5, 5.41) is 11.2. The smallest absolute Gasteiger partial charge is 0.274 e. The highest BCUT2D eigenvalue weighted by atomic mass is 16.3. The number of unbranched alkanes of at least 4 members (excludes halogenated alkanes) is 5. The molecule has 5 N–H and O–H groups in total. The lowest BCUT2D eigenvalue weighted by molar-refractivity contribution is -0.539. The van der Waals surface area contributed by atoms with Crippen molar-refractivity contribution in [2.45, 2.75) is 83.8 Å². The van der Waals surface area contributed by atoms with Crippen molar-refractivity contribution in [1.82, 2.24) is 4.90 Å². The zero-order valence-corrected chi connectivity index (χ0v) is 18.1. The van der Waals surface area contributed by atoms with Gasteiger partial charge in [-0.05, 0) is 37.7 Å². The molecule has 0 aliphatic carbocycles. The Bertz CT molecular complexity index is 565. The number of rotatable bonds is 13. The van der Waals surface area contributed by atoms with Crippen molar-refractivity contribution in [1.29, 1.82) is 0 Å². The number of nitrogens with two attached hydrogens (primary N) is 2. The molecule has 28 heavy (non-hydrogen) atoms. The van der Waals surface area contributed by atoms with Crippen LogP contribution in [0.25, 0.3) is 0 Å². The van der Waals surface area contributed by atoms with Crippen LogP contribution in [0, 0.1) is 5.92 Å². The number of aliphatic hydroxyl groups is 1. The molecule has 2 heterocycles. The van der Waals surface area contributed by atoms with Gasteiger partial charge in [0.05, 0.1) is 19.6 Å². The van der Waals surface area contributed by atoms with Crippen LogP contribution in [-0.4, -0.2) is 58.3 Å². The van der Waals surface area contributed by atoms with Crippen LogP contribution in [0.3, 0.4) is 0 Å². The third kappa shape index (κ3) is 7.12. The summed E-state index contributed by atoms with van der Waals surface area (Å²) in [6.45, 7) is 8.35. The van der Waals surface area contributed by atoms with Crippen molar-refractivity contribution >= 4 is 11.8 Å². The van der Waals surface area contributed by atoms with E-state index in [1.807, 2.05) is 6.08 Å². The lowest BCUT2D eigenvalue weighted by atomic mass is 10.0. The molecular weight excluding hydrogens is 350 g/mol. The van der Waals surface area contributed by atoms with Gasteiger partial charge in [0, 0.05) is 25.5 Å². The van der Waals surface area contributed by atoms with Crippen molar-refractivity contribution in [3.8, 4) is 0 Å². The summed E-state index contributed by atoms with van der Waals surface area (Å²) in [7, 11) is 0. The van der Waals surface area contributed by atoms with Gasteiger partial charge in [-0.1, -0.05) is 39.5 Å². The van der Waals surface area contributed by atoms with E-state index < -0.39 is 5.72 Å². The number of guanidine groups is 1. The maximum absolute atomic E-state index is 11.2. The average Bonchev–Trinajstić information content (AvgIpc) is 2.98. The Labute approximate surface area is 171 Å². The first-order valence-electron chi connectivity index (χ1n) is 11.3. The molecule has 2 aliphatic heterocycles. The normalized spacial score (nSPS) is 21.5. The Morgan fingerprint density at radius 1 is 1.18 bits per heavy atom. The Morgan fingerprint density at radius 2 is 1.93 bits per heavy atom. The SMILES string of the molecule is CC(C)CCCCCCC1(O)C=CC2=[N+](CCCCCN=C(N)N)CCCN21. The molecule has 0 radical (unpaired) electrons. The molecule has 0 bridgehead atoms. The van der Waals surface area contributed by atoms with Crippen LogP contribution in [0.1, 0.15) is 78.1 Å². The van der Waals surface area contributed by atoms with Gasteiger partial charge in [-0.15, -0.1) is 0 Å². The van der Waals surface area contributed by atoms with Crippen molar-refractivity contribution < 1.29 is 9.68 Å². The predicted molar refractivity (Wildman–Crippen MR) is 117 cm³/mol. The fourth-order valence-electron chi connectivity index (χ4n) is 4.24. The fraction of sp³-hybridized carbons (Fsp3) is 0.818. The van der Waals surface area contributed by atoms with Gasteiger partial charge in [0.15, 0.2) is 5.96 Å². The van der Waals surface area contributed by atoms with Gasteiger partial charge in [-0.25, -0.2) is 4.90 Å². The molecule has 0 fully saturated rings. The van der Waals surface area contributed by atoms with Crippen LogP contribution < -0.4 is 11.5 Å². The first-order chi connectivity index (χ1) is 13.4. The molecule has 0 saturated carbocycles. The molecule has 0 spiro atoms. The number of fused-ring (bicyclic) bond motifs is 1. The number of aliphatic imine (C=N–C) groups is 1. The van der Waals surface area contributed by atoms with E-state index in [4.69, 9.17) is 11.5 Å². The number of hydrogen-bond donors (Lipinski definition) is 3. The van der Waals surface area contributed by atoms with E-state index in [2.05, 4.69) is 34.4 Å². The molecule has 1 atom stereocenters. The Hall–Kier alpha value is -1.56. The second-order valence-corrected chi connectivity index (χ2v) is 8.78. The molecule has 2 rings (SSSR count). The predicted octanol–water partition coefficient (Wildman–Crippen LogP) is 2.80. The van der Waals surface area contributed by atoms with Gasteiger partial charge in [0.1, 0.15) is 0 Å². The summed E-state index contributed by atoms with van der Waals surface area (Å²) in [6, 6.07) is 0. The van der Waals surface area contributed by atoms with Crippen LogP contribution in [0.5, 0.6) is 0 Å². The van der Waals surface area contributed by atoms with Gasteiger partial charge < -0.3 is 16.6 Å². The molecule has 0 aromatic rings. The number of hydrogen-bond acceptors (Lipinski definition) is 3. The molecule has 160 valence electrons. The van der Waals surface area contributed by atoms with E-state index >= 15 is 0 Å². The molecule has 1 unspecified atom stereocenters. The highest BCUT2D eigenvalue weighted by Gasteiger charge is 2.46. The van der Waals surface area contributed by atoms with Crippen molar-refractivity contribution in [3.05, 3.63) is 12.2 Å². The van der Waals surface area contributed by atoms with Crippen LogP contribution in [0.2, 0.25) is 0 Å². The van der Waals surface area contributed by atoms with Crippen LogP contribution in [0.4, 0.5) is 0 Å². The first kappa shape index (κ1) is 22.7. The van der Waals surface area contributed by atoms with Crippen LogP contribution >= 0.6 is 0 Å². The van der Waals surface area contributed by atoms with E-state index in [1.165, 1.54) is 31.5 Å². The Morgan fingerprint density at radius 3 is 2.68 bits per heavy atom. The Kier molecular flexibility index (Phi) is 9.29. The standard InChI is InChI=1S/C22H42N5O/c1-19(2)11-6-3-4-7-13-22(28)14-12-20-26(17-10-18-27(20)22)16-9-5-8-15-25-21(23)24/h12,14,19,28H,3-11,13,15-18H2,1-2H3,(H4,23,24,25)/q+1. The van der Waals surface area contributed by atoms with E-state index in [9.17, 15) is 5.11 Å². The highest BCUT2D eigenvalue weighted by Crippen LogP contribution is 2.30. The summed E-state index contributed by atoms with van der Waals surface area (Å²) in [5.74, 6) is 2.18. The minimum absolute atomic E-state index is 0.178. The van der Waals surface area contributed by atoms with Gasteiger partial charge in [-0.3, -0.25) is 9.57 Å². The minimum Gasteiger partial charge on any atom is -0.370 e. The van der Waals surface area contributed by atoms with Gasteiger partial charge >= 0.3 is 0 Å². The van der Waals surface area contributed by atoms with Crippen LogP contribution in [-0.2, 0) is 0 Å². The van der Waals surface area contributed by atoms with Crippen LogP contribution in [0.15, 0.2) is 17.1 Å². The zero-order valence-electron chi connectivity index (χ0n) is 18.1. The lowest BCUT2D eigenvalue weighted by Crippen LogP contribution is -2.52. The molecule has 2 aliphatic rings. The van der Waals surface area contributed by atoms with E-state index in [-0.39, 0.29) is 5.96 Å². The monoisotopic (exact) mass is 392 g/mol. The topological polar surface area (TPSA) is 90.9 Å². The quantitative estimate of drug-likeness (QED) is 0.194. The number of nitrogens with zero attached hydrogens (tertiary/aromatic N) is 3. The highest BCUT2D eigenvalue weighted by molar-refractivity contribution is 5.92. The summed E-state index contributed by atoms with van der Waals surface area (Å²) >= 11 is 0. The second-order valence-electron chi connectivity index (χ2n) is 8.78. The van der Waals surface area contributed by atoms with Gasteiger partial charge in [0.2, 0.25) is 5.72 Å². The maximum atomic E-state index is 11.2. The molecular formula is C22H42N5O+. The van der Waals surface area contributed by atoms with E-state index in [0.29, 0.717) is 6.54 Å². The first-order valence-corrected chi connectivity index (χ1v) is 11.3. The molecule has 6 heteroatoms. The van der Waals surface area contributed by atoms with Crippen molar-refractivity contribution in [2.24, 2.45) is 22.4 Å². The third-order valence-electron chi connectivity index (χ3n) is 5.83. The zero-order chi connectivity index (χ0) is 20.4. The maximum Gasteiger partial charge on any atom is 0.274 e. The van der Waals surface area contributed by atoms with Crippen molar-refractivity contribution in [2.75, 3.05) is 26.2 Å². The molecule has 6 nitrogen and oxygen atoms in total. The summed E-state index contributed by atoms with van der Waals surface area (Å²) in [4.78, 5) is 6.26. The summed E-state index contributed by atoms with van der Waals surface area (Å²) in [6.07, 6.45) is 15.6. The molecule has 0 saturated heterocycles. The average molecular weight is 393 g/mol. The van der Waals surface area contributed by atoms with Gasteiger partial charge in [0.25, 0.3) is 5.84 Å². The van der Waals surface area contributed by atoms with E-state index in [1.54, 1.807) is 0 Å².